The number of carbonyl (C=O) groups excluding carboxylic acids is 2. The molecular formula is C21H22N4O2. The number of hydrogen-bond donors (Lipinski definition) is 2. The van der Waals surface area contributed by atoms with E-state index in [9.17, 15) is 9.59 Å². The number of aryl methyl sites for hydroxylation is 3. The third-order valence-corrected chi connectivity index (χ3v) is 4.30. The smallest absolute Gasteiger partial charge is 0.267 e. The fourth-order valence-corrected chi connectivity index (χ4v) is 2.79. The van der Waals surface area contributed by atoms with E-state index in [1.165, 1.54) is 0 Å². The third-order valence-electron chi connectivity index (χ3n) is 4.30. The van der Waals surface area contributed by atoms with Crippen LogP contribution in [0.3, 0.4) is 0 Å². The molecule has 0 aliphatic rings. The molecule has 0 spiro atoms. The molecular weight excluding hydrogens is 340 g/mol. The highest BCUT2D eigenvalue weighted by atomic mass is 16.2. The van der Waals surface area contributed by atoms with Crippen molar-refractivity contribution >= 4 is 11.8 Å². The predicted molar refractivity (Wildman–Crippen MR) is 104 cm³/mol. The van der Waals surface area contributed by atoms with Crippen LogP contribution in [0.15, 0.2) is 54.6 Å². The van der Waals surface area contributed by atoms with E-state index < -0.39 is 0 Å². The van der Waals surface area contributed by atoms with Crippen molar-refractivity contribution in [3.05, 3.63) is 82.7 Å². The van der Waals surface area contributed by atoms with Crippen LogP contribution < -0.4 is 10.9 Å². The molecule has 2 amide bonds. The largest absolute Gasteiger partial charge is 0.269 e. The summed E-state index contributed by atoms with van der Waals surface area (Å²) >= 11 is 0. The van der Waals surface area contributed by atoms with Gasteiger partial charge in [0.2, 0.25) is 0 Å². The Hall–Kier alpha value is -3.41. The Morgan fingerprint density at radius 1 is 0.889 bits per heavy atom. The van der Waals surface area contributed by atoms with Crippen LogP contribution in [0, 0.1) is 13.8 Å². The number of nitrogens with zero attached hydrogens (tertiary/aromatic N) is 2. The van der Waals surface area contributed by atoms with Crippen molar-refractivity contribution in [3.8, 4) is 5.69 Å². The topological polar surface area (TPSA) is 76.0 Å². The molecule has 0 aliphatic carbocycles. The first-order valence-corrected chi connectivity index (χ1v) is 8.81. The maximum Gasteiger partial charge on any atom is 0.269 e. The van der Waals surface area contributed by atoms with Crippen molar-refractivity contribution in [2.75, 3.05) is 0 Å². The summed E-state index contributed by atoms with van der Waals surface area (Å²) < 4.78 is 1.82. The SMILES string of the molecule is CCc1ccc(C(=O)NNC(=O)c2ccc(-n3nc(C)cc3C)cc2)cc1. The Morgan fingerprint density at radius 3 is 1.85 bits per heavy atom. The minimum atomic E-state index is -0.381. The average Bonchev–Trinajstić information content (AvgIpc) is 3.04. The van der Waals surface area contributed by atoms with Gasteiger partial charge in [-0.2, -0.15) is 5.10 Å². The molecule has 0 fully saturated rings. The lowest BCUT2D eigenvalue weighted by Crippen LogP contribution is -2.41. The summed E-state index contributed by atoms with van der Waals surface area (Å²) in [5.74, 6) is -0.737. The number of hydrogen-bond acceptors (Lipinski definition) is 3. The second-order valence-corrected chi connectivity index (χ2v) is 6.34. The normalized spacial score (nSPS) is 10.5. The Labute approximate surface area is 158 Å². The number of rotatable bonds is 4. The van der Waals surface area contributed by atoms with Crippen LogP contribution in [0.5, 0.6) is 0 Å². The van der Waals surface area contributed by atoms with Crippen molar-refractivity contribution in [3.63, 3.8) is 0 Å². The first-order chi connectivity index (χ1) is 13.0. The standard InChI is InChI=1S/C21H22N4O2/c1-4-16-5-7-17(8-6-16)20(26)22-23-21(27)18-9-11-19(12-10-18)25-15(3)13-14(2)24-25/h5-13H,4H2,1-3H3,(H,22,26)(H,23,27). The van der Waals surface area contributed by atoms with Crippen LogP contribution in [0.25, 0.3) is 5.69 Å². The lowest BCUT2D eigenvalue weighted by molar-refractivity contribution is 0.0846. The molecule has 1 aromatic heterocycles. The zero-order valence-corrected chi connectivity index (χ0v) is 15.6. The van der Waals surface area contributed by atoms with Crippen LogP contribution in [-0.2, 0) is 6.42 Å². The highest BCUT2D eigenvalue weighted by molar-refractivity contribution is 5.99. The van der Waals surface area contributed by atoms with E-state index >= 15 is 0 Å². The molecule has 138 valence electrons. The maximum absolute atomic E-state index is 12.3. The van der Waals surface area contributed by atoms with E-state index in [2.05, 4.69) is 22.9 Å². The first-order valence-electron chi connectivity index (χ1n) is 8.81. The fourth-order valence-electron chi connectivity index (χ4n) is 2.79. The van der Waals surface area contributed by atoms with E-state index in [-0.39, 0.29) is 11.8 Å². The van der Waals surface area contributed by atoms with Crippen molar-refractivity contribution in [1.82, 2.24) is 20.6 Å². The van der Waals surface area contributed by atoms with Crippen LogP contribution >= 0.6 is 0 Å². The number of amides is 2. The van der Waals surface area contributed by atoms with Crippen LogP contribution in [-0.4, -0.2) is 21.6 Å². The summed E-state index contributed by atoms with van der Waals surface area (Å²) in [5.41, 5.74) is 9.79. The number of carbonyl (C=O) groups is 2. The molecule has 6 nitrogen and oxygen atoms in total. The summed E-state index contributed by atoms with van der Waals surface area (Å²) in [6.07, 6.45) is 0.909. The Morgan fingerprint density at radius 2 is 1.41 bits per heavy atom. The van der Waals surface area contributed by atoms with Gasteiger partial charge in [-0.3, -0.25) is 20.4 Å². The zero-order chi connectivity index (χ0) is 19.4. The third kappa shape index (κ3) is 4.23. The average molecular weight is 362 g/mol. The first kappa shape index (κ1) is 18.4. The van der Waals surface area contributed by atoms with E-state index in [0.29, 0.717) is 11.1 Å². The summed E-state index contributed by atoms with van der Waals surface area (Å²) in [6, 6.07) is 16.3. The van der Waals surface area contributed by atoms with Crippen LogP contribution in [0.4, 0.5) is 0 Å². The molecule has 0 bridgehead atoms. The van der Waals surface area contributed by atoms with Gasteiger partial charge < -0.3 is 0 Å². The van der Waals surface area contributed by atoms with E-state index in [1.54, 1.807) is 24.3 Å². The molecule has 2 N–H and O–H groups in total. The van der Waals surface area contributed by atoms with Crippen molar-refractivity contribution < 1.29 is 9.59 Å². The fraction of sp³-hybridized carbons (Fsp3) is 0.190. The molecule has 0 atom stereocenters. The van der Waals surface area contributed by atoms with Gasteiger partial charge in [0.05, 0.1) is 11.4 Å². The maximum atomic E-state index is 12.3. The van der Waals surface area contributed by atoms with Crippen molar-refractivity contribution in [2.45, 2.75) is 27.2 Å². The number of aromatic nitrogens is 2. The number of nitrogens with one attached hydrogen (secondary N) is 2. The van der Waals surface area contributed by atoms with Gasteiger partial charge in [-0.15, -0.1) is 0 Å². The van der Waals surface area contributed by atoms with Gasteiger partial charge in [0, 0.05) is 16.8 Å². The van der Waals surface area contributed by atoms with Gasteiger partial charge in [-0.1, -0.05) is 19.1 Å². The quantitative estimate of drug-likeness (QED) is 0.700. The Kier molecular flexibility index (Phi) is 5.35. The second-order valence-electron chi connectivity index (χ2n) is 6.34. The molecule has 6 heteroatoms. The predicted octanol–water partition coefficient (Wildman–Crippen LogP) is 3.13. The van der Waals surface area contributed by atoms with Gasteiger partial charge in [-0.05, 0) is 68.3 Å². The lowest BCUT2D eigenvalue weighted by atomic mass is 10.1. The molecule has 2 aromatic carbocycles. The molecule has 0 radical (unpaired) electrons. The molecule has 0 aliphatic heterocycles. The highest BCUT2D eigenvalue weighted by Crippen LogP contribution is 2.13. The Bertz CT molecular complexity index is 957. The van der Waals surface area contributed by atoms with Gasteiger partial charge >= 0.3 is 0 Å². The summed E-state index contributed by atoms with van der Waals surface area (Å²) in [6.45, 7) is 5.96. The summed E-state index contributed by atoms with van der Waals surface area (Å²) in [4.78, 5) is 24.4. The summed E-state index contributed by atoms with van der Waals surface area (Å²) in [7, 11) is 0. The number of benzene rings is 2. The molecule has 1 heterocycles. The summed E-state index contributed by atoms with van der Waals surface area (Å²) in [5, 5.41) is 4.42. The lowest BCUT2D eigenvalue weighted by Gasteiger charge is -2.09. The van der Waals surface area contributed by atoms with E-state index in [0.717, 1.165) is 29.1 Å². The van der Waals surface area contributed by atoms with Gasteiger partial charge in [0.25, 0.3) is 11.8 Å². The number of hydrazine groups is 1. The molecule has 0 saturated heterocycles. The van der Waals surface area contributed by atoms with Gasteiger partial charge in [0.1, 0.15) is 0 Å². The van der Waals surface area contributed by atoms with E-state index in [4.69, 9.17) is 0 Å². The van der Waals surface area contributed by atoms with Gasteiger partial charge in [-0.25, -0.2) is 4.68 Å². The van der Waals surface area contributed by atoms with Crippen LogP contribution in [0.1, 0.15) is 44.6 Å². The minimum absolute atomic E-state index is 0.356. The van der Waals surface area contributed by atoms with Crippen LogP contribution in [0.2, 0.25) is 0 Å². The molecule has 0 saturated carbocycles. The monoisotopic (exact) mass is 362 g/mol. The van der Waals surface area contributed by atoms with Crippen molar-refractivity contribution in [2.24, 2.45) is 0 Å². The highest BCUT2D eigenvalue weighted by Gasteiger charge is 2.10. The van der Waals surface area contributed by atoms with Crippen molar-refractivity contribution in [1.29, 1.82) is 0 Å². The van der Waals surface area contributed by atoms with Gasteiger partial charge in [0.15, 0.2) is 0 Å². The Balaban J connectivity index is 1.62. The molecule has 27 heavy (non-hydrogen) atoms. The molecule has 0 unspecified atom stereocenters. The molecule has 3 aromatic rings. The van der Waals surface area contributed by atoms with E-state index in [1.807, 2.05) is 48.9 Å². The minimum Gasteiger partial charge on any atom is -0.267 e. The zero-order valence-electron chi connectivity index (χ0n) is 15.6. The second kappa shape index (κ2) is 7.86. The molecule has 3 rings (SSSR count).